The highest BCUT2D eigenvalue weighted by Gasteiger charge is 2.45. The summed E-state index contributed by atoms with van der Waals surface area (Å²) >= 11 is 0. The van der Waals surface area contributed by atoms with E-state index < -0.39 is 15.9 Å². The topological polar surface area (TPSA) is 105 Å². The summed E-state index contributed by atoms with van der Waals surface area (Å²) in [7, 11) is -1.87. The number of nitrogens with zero attached hydrogens (tertiary/aromatic N) is 3. The van der Waals surface area contributed by atoms with Crippen LogP contribution < -0.4 is 24.7 Å². The van der Waals surface area contributed by atoms with Crippen molar-refractivity contribution < 1.29 is 27.1 Å². The number of fused-ring (bicyclic) bond motifs is 1. The minimum atomic E-state index is -3.87. The first-order valence-electron chi connectivity index (χ1n) is 14.8. The molecule has 1 saturated carbocycles. The lowest BCUT2D eigenvalue weighted by Crippen LogP contribution is -2.40. The van der Waals surface area contributed by atoms with Crippen molar-refractivity contribution in [3.63, 3.8) is 0 Å². The third-order valence-corrected chi connectivity index (χ3v) is 10.9. The zero-order valence-corrected chi connectivity index (χ0v) is 24.8. The first-order chi connectivity index (χ1) is 20.0. The fraction of sp³-hybridized carbons (Fsp3) is 0.567. The second-order valence-electron chi connectivity index (χ2n) is 12.3. The van der Waals surface area contributed by atoms with Gasteiger partial charge in [-0.05, 0) is 73.4 Å². The van der Waals surface area contributed by atoms with Gasteiger partial charge in [-0.15, -0.1) is 0 Å². The summed E-state index contributed by atoms with van der Waals surface area (Å²) in [6.07, 6.45) is 4.84. The highest BCUT2D eigenvalue weighted by molar-refractivity contribution is 7.89. The van der Waals surface area contributed by atoms with E-state index in [4.69, 9.17) is 5.11 Å². The molecule has 4 aliphatic rings. The van der Waals surface area contributed by atoms with Gasteiger partial charge in [0, 0.05) is 64.8 Å². The smallest absolute Gasteiger partial charge is 0.257 e. The van der Waals surface area contributed by atoms with Crippen LogP contribution >= 0.6 is 0 Å². The summed E-state index contributed by atoms with van der Waals surface area (Å²) in [5, 5.41) is 12.2. The Hall–Kier alpha value is -2.96. The van der Waals surface area contributed by atoms with E-state index >= 15 is 0 Å². The van der Waals surface area contributed by atoms with Crippen LogP contribution in [-0.2, 0) is 16.4 Å². The number of benzene rings is 2. The number of nitrogens with one attached hydrogen (secondary N) is 2. The molecule has 1 spiro atoms. The second kappa shape index (κ2) is 10.9. The average Bonchev–Trinajstić information content (AvgIpc) is 3.62. The van der Waals surface area contributed by atoms with Gasteiger partial charge in [0.15, 0.2) is 0 Å². The van der Waals surface area contributed by atoms with Crippen molar-refractivity contribution in [1.82, 2.24) is 4.72 Å². The number of halogens is 2. The van der Waals surface area contributed by atoms with E-state index in [9.17, 15) is 22.0 Å². The summed E-state index contributed by atoms with van der Waals surface area (Å²) < 4.78 is 56.0. The molecule has 1 amide bonds. The van der Waals surface area contributed by atoms with E-state index in [0.29, 0.717) is 22.4 Å². The molecule has 42 heavy (non-hydrogen) atoms. The van der Waals surface area contributed by atoms with Crippen LogP contribution in [0.1, 0.15) is 54.4 Å². The van der Waals surface area contributed by atoms with E-state index in [1.54, 1.807) is 12.1 Å². The van der Waals surface area contributed by atoms with Gasteiger partial charge in [-0.2, -0.15) is 0 Å². The number of likely N-dealkylation sites (N-methyl/N-ethyl adjacent to an activating group) is 1. The molecule has 12 heteroatoms. The Morgan fingerprint density at radius 3 is 2.26 bits per heavy atom. The molecule has 0 atom stereocenters. The molecular weight excluding hydrogens is 564 g/mol. The first-order valence-corrected chi connectivity index (χ1v) is 16.3. The fourth-order valence-corrected chi connectivity index (χ4v) is 7.63. The number of aliphatic hydroxyl groups is 1. The minimum Gasteiger partial charge on any atom is -0.395 e. The molecule has 9 nitrogen and oxygen atoms in total. The molecule has 0 aromatic heterocycles. The van der Waals surface area contributed by atoms with Crippen molar-refractivity contribution in [2.75, 3.05) is 72.9 Å². The number of sulfonamides is 1. The molecule has 228 valence electrons. The lowest BCUT2D eigenvalue weighted by Gasteiger charge is -2.36. The molecular formula is C30H39F2N5O4S. The number of aliphatic hydroxyl groups excluding tert-OH is 1. The predicted molar refractivity (Wildman–Crippen MR) is 160 cm³/mol. The highest BCUT2D eigenvalue weighted by atomic mass is 32.2. The number of hydrogen-bond acceptors (Lipinski definition) is 7. The number of anilines is 4. The molecule has 2 saturated heterocycles. The van der Waals surface area contributed by atoms with E-state index in [2.05, 4.69) is 19.8 Å². The Balaban J connectivity index is 1.31. The number of carbonyl (C=O) groups excluding carboxylic acids is 1. The van der Waals surface area contributed by atoms with Gasteiger partial charge in [0.1, 0.15) is 0 Å². The normalized spacial score (nSPS) is 21.0. The largest absolute Gasteiger partial charge is 0.395 e. The first kappa shape index (κ1) is 29.1. The molecule has 0 radical (unpaired) electrons. The summed E-state index contributed by atoms with van der Waals surface area (Å²) in [5.74, 6) is -3.01. The standard InChI is InChI=1S/C30H39F2N5O4S/c1-35-12-4-21-18-22(19-26(27(21)35)37-15-9-30(31,32)10-16-37)34-28(39)24-3-2-23(42(40,41)33-11-17-38)20-25(24)36-13-7-29(5-6-29)8-14-36/h2-3,18-20,33,38H,4-17H2,1H3,(H,34,39). The zero-order valence-electron chi connectivity index (χ0n) is 24.0. The van der Waals surface area contributed by atoms with E-state index in [0.717, 1.165) is 55.8 Å². The Labute approximate surface area is 245 Å². The quantitative estimate of drug-likeness (QED) is 0.422. The maximum Gasteiger partial charge on any atom is 0.257 e. The van der Waals surface area contributed by atoms with Gasteiger partial charge in [0.05, 0.1) is 34.1 Å². The maximum atomic E-state index is 13.9. The fourth-order valence-electron chi connectivity index (χ4n) is 6.59. The Morgan fingerprint density at radius 1 is 0.929 bits per heavy atom. The molecule has 3 aliphatic heterocycles. The lowest BCUT2D eigenvalue weighted by molar-refractivity contribution is -0.0220. The van der Waals surface area contributed by atoms with Gasteiger partial charge in [-0.25, -0.2) is 21.9 Å². The van der Waals surface area contributed by atoms with Gasteiger partial charge < -0.3 is 25.1 Å². The van der Waals surface area contributed by atoms with E-state index in [1.165, 1.54) is 18.9 Å². The zero-order chi connectivity index (χ0) is 29.7. The number of hydrogen-bond donors (Lipinski definition) is 3. The van der Waals surface area contributed by atoms with Crippen LogP contribution in [0.5, 0.6) is 0 Å². The SMILES string of the molecule is CN1CCc2cc(NC(=O)c3ccc(S(=O)(=O)NCCO)cc3N3CCC4(CC3)CC4)cc(N3CCC(F)(F)CC3)c21. The number of rotatable bonds is 8. The number of alkyl halides is 2. The summed E-state index contributed by atoms with van der Waals surface area (Å²) in [6, 6.07) is 8.34. The number of amides is 1. The van der Waals surface area contributed by atoms with Crippen LogP contribution in [-0.4, -0.2) is 78.3 Å². The monoisotopic (exact) mass is 603 g/mol. The van der Waals surface area contributed by atoms with Crippen LogP contribution in [0.2, 0.25) is 0 Å². The van der Waals surface area contributed by atoms with Crippen LogP contribution in [0.25, 0.3) is 0 Å². The molecule has 0 bridgehead atoms. The molecule has 3 N–H and O–H groups in total. The predicted octanol–water partition coefficient (Wildman–Crippen LogP) is 3.82. The molecule has 1 aliphatic carbocycles. The average molecular weight is 604 g/mol. The summed E-state index contributed by atoms with van der Waals surface area (Å²) in [5.41, 5.74) is 4.85. The summed E-state index contributed by atoms with van der Waals surface area (Å²) in [4.78, 5) is 20.1. The molecule has 3 heterocycles. The number of carbonyl (C=O) groups is 1. The van der Waals surface area contributed by atoms with E-state index in [1.807, 2.05) is 24.1 Å². The Morgan fingerprint density at radius 2 is 1.60 bits per heavy atom. The lowest BCUT2D eigenvalue weighted by atomic mass is 9.93. The van der Waals surface area contributed by atoms with Gasteiger partial charge in [0.2, 0.25) is 10.0 Å². The van der Waals surface area contributed by atoms with Crippen molar-refractivity contribution in [3.05, 3.63) is 41.5 Å². The molecule has 0 unspecified atom stereocenters. The second-order valence-corrected chi connectivity index (χ2v) is 14.0. The van der Waals surface area contributed by atoms with Crippen LogP contribution in [0.4, 0.5) is 31.5 Å². The van der Waals surface area contributed by atoms with Crippen molar-refractivity contribution in [2.45, 2.75) is 55.8 Å². The van der Waals surface area contributed by atoms with Gasteiger partial charge >= 0.3 is 0 Å². The van der Waals surface area contributed by atoms with Crippen molar-refractivity contribution in [3.8, 4) is 0 Å². The van der Waals surface area contributed by atoms with Crippen molar-refractivity contribution in [2.24, 2.45) is 5.41 Å². The Kier molecular flexibility index (Phi) is 7.59. The summed E-state index contributed by atoms with van der Waals surface area (Å²) in [6.45, 7) is 2.35. The van der Waals surface area contributed by atoms with Crippen LogP contribution in [0.15, 0.2) is 35.2 Å². The molecule has 6 rings (SSSR count). The van der Waals surface area contributed by atoms with Gasteiger partial charge in [-0.1, -0.05) is 0 Å². The third kappa shape index (κ3) is 5.80. The van der Waals surface area contributed by atoms with E-state index in [-0.39, 0.29) is 49.9 Å². The number of piperidine rings is 2. The van der Waals surface area contributed by atoms with Crippen molar-refractivity contribution in [1.29, 1.82) is 0 Å². The van der Waals surface area contributed by atoms with Crippen LogP contribution in [0, 0.1) is 5.41 Å². The van der Waals surface area contributed by atoms with Crippen molar-refractivity contribution >= 4 is 38.7 Å². The highest BCUT2D eigenvalue weighted by Crippen LogP contribution is 2.54. The Bertz CT molecular complexity index is 1460. The minimum absolute atomic E-state index is 0.0407. The third-order valence-electron chi connectivity index (χ3n) is 9.41. The molecule has 3 fully saturated rings. The maximum absolute atomic E-state index is 13.9. The molecule has 2 aromatic rings. The van der Waals surface area contributed by atoms with Crippen LogP contribution in [0.3, 0.4) is 0 Å². The van der Waals surface area contributed by atoms with Gasteiger partial charge in [0.25, 0.3) is 11.8 Å². The van der Waals surface area contributed by atoms with Gasteiger partial charge in [-0.3, -0.25) is 4.79 Å². The molecule has 2 aromatic carbocycles.